The number of fused-ring (bicyclic) bond motifs is 3. The average molecular weight is 363 g/mol. The predicted octanol–water partition coefficient (Wildman–Crippen LogP) is 2.75. The third-order valence-corrected chi connectivity index (χ3v) is 5.39. The van der Waals surface area contributed by atoms with Crippen LogP contribution in [0.15, 0.2) is 35.2 Å². The van der Waals surface area contributed by atoms with Gasteiger partial charge in [-0.25, -0.2) is 0 Å². The molecule has 0 amide bonds. The minimum absolute atomic E-state index is 0.109. The lowest BCUT2D eigenvalue weighted by atomic mass is 9.84. The van der Waals surface area contributed by atoms with Gasteiger partial charge in [-0.3, -0.25) is 9.35 Å². The van der Waals surface area contributed by atoms with Crippen molar-refractivity contribution >= 4 is 32.5 Å². The number of esters is 1. The van der Waals surface area contributed by atoms with Crippen LogP contribution in [-0.4, -0.2) is 38.6 Å². The van der Waals surface area contributed by atoms with Gasteiger partial charge in [0.25, 0.3) is 10.1 Å². The van der Waals surface area contributed by atoms with Gasteiger partial charge in [0.2, 0.25) is 0 Å². The molecule has 0 fully saturated rings. The summed E-state index contributed by atoms with van der Waals surface area (Å²) >= 11 is 0. The maximum absolute atomic E-state index is 11.4. The largest absolute Gasteiger partial charge is 0.464 e. The third-order valence-electron chi connectivity index (χ3n) is 4.54. The van der Waals surface area contributed by atoms with E-state index in [2.05, 4.69) is 18.7 Å². The molecule has 0 saturated heterocycles. The standard InChI is InChI=1S/C18H21NO5S/c1-12(20)24-9-8-19-11-18(2,3)17-15-6-5-14(25(21,22)23)10-13(15)4-7-16(17)19/h4-7,10H,8-9,11H2,1-3H3,(H,21,22,23). The fraction of sp³-hybridized carbons (Fsp3) is 0.389. The van der Waals surface area contributed by atoms with Crippen molar-refractivity contribution in [1.82, 2.24) is 0 Å². The molecule has 0 aliphatic carbocycles. The van der Waals surface area contributed by atoms with Gasteiger partial charge in [0, 0.05) is 24.6 Å². The smallest absolute Gasteiger partial charge is 0.302 e. The molecule has 1 aliphatic heterocycles. The second-order valence-corrected chi connectivity index (χ2v) is 8.38. The summed E-state index contributed by atoms with van der Waals surface area (Å²) < 4.78 is 37.0. The molecule has 0 bridgehead atoms. The Morgan fingerprint density at radius 1 is 1.28 bits per heavy atom. The van der Waals surface area contributed by atoms with Crippen molar-refractivity contribution in [2.75, 3.05) is 24.6 Å². The van der Waals surface area contributed by atoms with Gasteiger partial charge in [0.15, 0.2) is 0 Å². The zero-order chi connectivity index (χ0) is 18.4. The topological polar surface area (TPSA) is 83.9 Å². The van der Waals surface area contributed by atoms with Gasteiger partial charge in [-0.05, 0) is 34.5 Å². The van der Waals surface area contributed by atoms with E-state index in [1.807, 2.05) is 12.1 Å². The molecule has 1 N–H and O–H groups in total. The van der Waals surface area contributed by atoms with Crippen LogP contribution in [0.25, 0.3) is 10.8 Å². The molecule has 3 rings (SSSR count). The SMILES string of the molecule is CC(=O)OCCN1CC(C)(C)c2c1ccc1cc(S(=O)(=O)O)ccc21. The van der Waals surface area contributed by atoms with Crippen molar-refractivity contribution in [2.24, 2.45) is 0 Å². The normalized spacial score (nSPS) is 16.1. The Kier molecular flexibility index (Phi) is 4.25. The molecule has 6 nitrogen and oxygen atoms in total. The van der Waals surface area contributed by atoms with Crippen LogP contribution in [0.3, 0.4) is 0 Å². The first kappa shape index (κ1) is 17.7. The highest BCUT2D eigenvalue weighted by atomic mass is 32.2. The lowest BCUT2D eigenvalue weighted by Gasteiger charge is -2.22. The lowest BCUT2D eigenvalue weighted by Crippen LogP contribution is -2.31. The number of hydrogen-bond acceptors (Lipinski definition) is 5. The van der Waals surface area contributed by atoms with Gasteiger partial charge < -0.3 is 9.64 Å². The van der Waals surface area contributed by atoms with Crippen LogP contribution < -0.4 is 4.90 Å². The fourth-order valence-corrected chi connectivity index (χ4v) is 4.09. The molecule has 25 heavy (non-hydrogen) atoms. The zero-order valence-electron chi connectivity index (χ0n) is 14.4. The maximum atomic E-state index is 11.4. The van der Waals surface area contributed by atoms with Crippen LogP contribution >= 0.6 is 0 Å². The van der Waals surface area contributed by atoms with Crippen LogP contribution in [0.1, 0.15) is 26.3 Å². The Bertz CT molecular complexity index is 949. The number of hydrogen-bond donors (Lipinski definition) is 1. The molecular weight excluding hydrogens is 342 g/mol. The van der Waals surface area contributed by atoms with E-state index in [4.69, 9.17) is 4.74 Å². The summed E-state index contributed by atoms with van der Waals surface area (Å²) in [5, 5.41) is 1.73. The zero-order valence-corrected chi connectivity index (χ0v) is 15.3. The van der Waals surface area contributed by atoms with Gasteiger partial charge in [-0.15, -0.1) is 0 Å². The molecule has 0 unspecified atom stereocenters. The Hall–Kier alpha value is -2.12. The van der Waals surface area contributed by atoms with E-state index in [0.717, 1.165) is 28.6 Å². The van der Waals surface area contributed by atoms with Gasteiger partial charge >= 0.3 is 5.97 Å². The first-order chi connectivity index (χ1) is 11.6. The van der Waals surface area contributed by atoms with E-state index < -0.39 is 10.1 Å². The minimum Gasteiger partial charge on any atom is -0.464 e. The summed E-state index contributed by atoms with van der Waals surface area (Å²) in [6.07, 6.45) is 0. The first-order valence-electron chi connectivity index (χ1n) is 8.03. The number of ether oxygens (including phenoxy) is 1. The Morgan fingerprint density at radius 3 is 2.64 bits per heavy atom. The Labute approximate surface area is 147 Å². The highest BCUT2D eigenvalue weighted by molar-refractivity contribution is 7.85. The molecule has 134 valence electrons. The van der Waals surface area contributed by atoms with E-state index in [-0.39, 0.29) is 16.3 Å². The van der Waals surface area contributed by atoms with E-state index in [1.165, 1.54) is 19.1 Å². The summed E-state index contributed by atoms with van der Waals surface area (Å²) in [6.45, 7) is 7.36. The van der Waals surface area contributed by atoms with E-state index in [0.29, 0.717) is 13.2 Å². The molecular formula is C18H21NO5S. The fourth-order valence-electron chi connectivity index (χ4n) is 3.57. The summed E-state index contributed by atoms with van der Waals surface area (Å²) in [7, 11) is -4.23. The molecule has 0 aromatic heterocycles. The molecule has 1 aliphatic rings. The Morgan fingerprint density at radius 2 is 2.00 bits per heavy atom. The highest BCUT2D eigenvalue weighted by Gasteiger charge is 2.36. The van der Waals surface area contributed by atoms with Crippen LogP contribution in [-0.2, 0) is 25.1 Å². The van der Waals surface area contributed by atoms with Gasteiger partial charge in [-0.1, -0.05) is 26.0 Å². The van der Waals surface area contributed by atoms with E-state index in [9.17, 15) is 17.8 Å². The number of carbonyl (C=O) groups excluding carboxylic acids is 1. The van der Waals surface area contributed by atoms with Gasteiger partial charge in [-0.2, -0.15) is 8.42 Å². The van der Waals surface area contributed by atoms with Crippen molar-refractivity contribution in [3.05, 3.63) is 35.9 Å². The molecule has 1 heterocycles. The minimum atomic E-state index is -4.23. The number of anilines is 1. The van der Waals surface area contributed by atoms with Crippen molar-refractivity contribution in [1.29, 1.82) is 0 Å². The van der Waals surface area contributed by atoms with Gasteiger partial charge in [0.1, 0.15) is 6.61 Å². The summed E-state index contributed by atoms with van der Waals surface area (Å²) in [5.41, 5.74) is 2.06. The molecule has 0 radical (unpaired) electrons. The van der Waals surface area contributed by atoms with Crippen molar-refractivity contribution < 1.29 is 22.5 Å². The summed E-state index contributed by atoms with van der Waals surface area (Å²) in [5.74, 6) is -0.296. The summed E-state index contributed by atoms with van der Waals surface area (Å²) in [4.78, 5) is 13.0. The van der Waals surface area contributed by atoms with Crippen LogP contribution in [0, 0.1) is 0 Å². The quantitative estimate of drug-likeness (QED) is 0.664. The number of rotatable bonds is 4. The van der Waals surface area contributed by atoms with E-state index in [1.54, 1.807) is 6.07 Å². The highest BCUT2D eigenvalue weighted by Crippen LogP contribution is 2.44. The molecule has 7 heteroatoms. The number of nitrogens with zero attached hydrogens (tertiary/aromatic N) is 1. The molecule has 0 atom stereocenters. The first-order valence-corrected chi connectivity index (χ1v) is 9.47. The van der Waals surface area contributed by atoms with Gasteiger partial charge in [0.05, 0.1) is 11.4 Å². The average Bonchev–Trinajstić information content (AvgIpc) is 2.76. The number of benzene rings is 2. The lowest BCUT2D eigenvalue weighted by molar-refractivity contribution is -0.140. The maximum Gasteiger partial charge on any atom is 0.302 e. The predicted molar refractivity (Wildman–Crippen MR) is 95.6 cm³/mol. The second-order valence-electron chi connectivity index (χ2n) is 6.96. The van der Waals surface area contributed by atoms with Crippen molar-refractivity contribution in [3.63, 3.8) is 0 Å². The van der Waals surface area contributed by atoms with Crippen LogP contribution in [0.4, 0.5) is 5.69 Å². The molecule has 2 aromatic rings. The Balaban J connectivity index is 2.05. The molecule has 2 aromatic carbocycles. The summed E-state index contributed by atoms with van der Waals surface area (Å²) in [6, 6.07) is 8.46. The third kappa shape index (κ3) is 3.34. The monoisotopic (exact) mass is 363 g/mol. The van der Waals surface area contributed by atoms with Crippen LogP contribution in [0.5, 0.6) is 0 Å². The number of carbonyl (C=O) groups is 1. The molecule has 0 saturated carbocycles. The van der Waals surface area contributed by atoms with Crippen molar-refractivity contribution in [3.8, 4) is 0 Å². The molecule has 0 spiro atoms. The van der Waals surface area contributed by atoms with Crippen LogP contribution in [0.2, 0.25) is 0 Å². The van der Waals surface area contributed by atoms with Crippen molar-refractivity contribution in [2.45, 2.75) is 31.1 Å². The second kappa shape index (κ2) is 6.00. The van der Waals surface area contributed by atoms with E-state index >= 15 is 0 Å².